The molecule has 3 aromatic carbocycles. The average molecular weight is 710 g/mol. The monoisotopic (exact) mass is 709 g/mol. The van der Waals surface area contributed by atoms with Crippen LogP contribution in [0.1, 0.15) is 17.5 Å². The van der Waals surface area contributed by atoms with Gasteiger partial charge in [0.05, 0.1) is 27.0 Å². The largest absolute Gasteiger partial charge is 0.493 e. The Morgan fingerprint density at radius 2 is 1.61 bits per heavy atom. The minimum atomic E-state index is 0.481. The van der Waals surface area contributed by atoms with Gasteiger partial charge in [-0.3, -0.25) is 9.88 Å². The molecule has 0 spiro atoms. The topological polar surface area (TPSA) is 90.2 Å². The van der Waals surface area contributed by atoms with Crippen LogP contribution in [0, 0.1) is 11.3 Å². The van der Waals surface area contributed by atoms with E-state index < -0.39 is 0 Å². The first kappa shape index (κ1) is 34.4. The Morgan fingerprint density at radius 3 is 2.41 bits per heavy atom. The summed E-state index contributed by atoms with van der Waals surface area (Å²) >= 11 is 3.18. The molecule has 1 saturated heterocycles. The molecule has 0 unspecified atom stereocenters. The lowest BCUT2D eigenvalue weighted by Crippen LogP contribution is -2.46. The zero-order valence-corrected chi connectivity index (χ0v) is 30.2. The van der Waals surface area contributed by atoms with Crippen molar-refractivity contribution in [2.45, 2.75) is 17.2 Å². The molecule has 1 N–H and O–H groups in total. The first-order valence-corrected chi connectivity index (χ1v) is 19.1. The van der Waals surface area contributed by atoms with Crippen LogP contribution in [0.5, 0.6) is 5.75 Å². The molecule has 10 heteroatoms. The number of benzene rings is 3. The Labute approximate surface area is 307 Å². The Balaban J connectivity index is 0.991. The van der Waals surface area contributed by atoms with E-state index in [9.17, 15) is 5.26 Å². The molecule has 0 aliphatic carbocycles. The number of rotatable bonds is 13. The quantitative estimate of drug-likeness (QED) is 0.0933. The molecule has 1 aliphatic heterocycles. The Kier molecular flexibility index (Phi) is 11.3. The summed E-state index contributed by atoms with van der Waals surface area (Å²) in [6.45, 7) is 6.97. The van der Waals surface area contributed by atoms with Crippen LogP contribution >= 0.6 is 23.1 Å². The second-order valence-corrected chi connectivity index (χ2v) is 14.4. The summed E-state index contributed by atoms with van der Waals surface area (Å²) in [5, 5.41) is 13.7. The van der Waals surface area contributed by atoms with Crippen LogP contribution in [-0.4, -0.2) is 70.3 Å². The van der Waals surface area contributed by atoms with Crippen LogP contribution in [0.2, 0.25) is 0 Å². The molecule has 4 heterocycles. The lowest BCUT2D eigenvalue weighted by Gasteiger charge is -2.34. The molecule has 1 aliphatic rings. The molecule has 0 radical (unpaired) electrons. The van der Waals surface area contributed by atoms with Crippen LogP contribution in [0.25, 0.3) is 32.8 Å². The molecule has 0 amide bonds. The molecule has 6 aromatic rings. The van der Waals surface area contributed by atoms with E-state index in [2.05, 4.69) is 73.6 Å². The Hall–Kier alpha value is -5.05. The molecular formula is C41H39N7OS2. The van der Waals surface area contributed by atoms with Gasteiger partial charge < -0.3 is 15.0 Å². The molecular weight excluding hydrogens is 671 g/mol. The number of piperazine rings is 1. The van der Waals surface area contributed by atoms with E-state index in [1.165, 1.54) is 5.56 Å². The van der Waals surface area contributed by atoms with Crippen LogP contribution in [-0.2, 0) is 6.54 Å². The maximum Gasteiger partial charge on any atom is 0.227 e. The number of hydrogen-bond donors (Lipinski definition) is 1. The van der Waals surface area contributed by atoms with Crippen LogP contribution in [0.4, 0.5) is 11.6 Å². The average Bonchev–Trinajstić information content (AvgIpc) is 3.57. The molecule has 51 heavy (non-hydrogen) atoms. The molecule has 3 aromatic heterocycles. The zero-order chi connectivity index (χ0) is 34.8. The standard InChI is InChI=1S/C41H39N7OS2/c1-50-40-36(28-42)38(33-11-5-10-32(26-33)31-8-3-2-4-9-31)39(51-40)37-16-19-44-41(46-37)45-34-12-6-13-35(27-34)49-25-7-20-47-21-23-48(24-22-47)29-30-14-17-43-18-15-30/h2-6,8-19,26-27H,7,20-25,29H2,1H3,(H,44,45,46). The maximum atomic E-state index is 10.3. The number of nitrogens with zero attached hydrogens (tertiary/aromatic N) is 6. The molecule has 0 atom stereocenters. The van der Waals surface area contributed by atoms with Gasteiger partial charge >= 0.3 is 0 Å². The van der Waals surface area contributed by atoms with E-state index in [0.29, 0.717) is 18.1 Å². The van der Waals surface area contributed by atoms with Crippen molar-refractivity contribution in [3.05, 3.63) is 127 Å². The molecule has 7 rings (SSSR count). The Morgan fingerprint density at radius 1 is 0.843 bits per heavy atom. The molecule has 256 valence electrons. The highest BCUT2D eigenvalue weighted by Gasteiger charge is 2.22. The van der Waals surface area contributed by atoms with E-state index in [-0.39, 0.29) is 0 Å². The third kappa shape index (κ3) is 8.64. The number of nitriles is 1. The van der Waals surface area contributed by atoms with Gasteiger partial charge in [-0.1, -0.05) is 54.6 Å². The number of ether oxygens (including phenoxy) is 1. The van der Waals surface area contributed by atoms with Crippen molar-refractivity contribution in [2.24, 2.45) is 0 Å². The smallest absolute Gasteiger partial charge is 0.227 e. The first-order chi connectivity index (χ1) is 25.2. The van der Waals surface area contributed by atoms with Crippen molar-refractivity contribution in [3.8, 4) is 44.6 Å². The lowest BCUT2D eigenvalue weighted by atomic mass is 9.96. The van der Waals surface area contributed by atoms with E-state index in [0.717, 1.165) is 94.2 Å². The van der Waals surface area contributed by atoms with Crippen molar-refractivity contribution >= 4 is 34.7 Å². The molecule has 0 bridgehead atoms. The molecule has 8 nitrogen and oxygen atoms in total. The first-order valence-electron chi connectivity index (χ1n) is 17.1. The Bertz CT molecular complexity index is 2090. The predicted octanol–water partition coefficient (Wildman–Crippen LogP) is 8.86. The fourth-order valence-electron chi connectivity index (χ4n) is 6.33. The van der Waals surface area contributed by atoms with Gasteiger partial charge in [0.1, 0.15) is 11.8 Å². The number of nitrogens with one attached hydrogen (secondary N) is 1. The van der Waals surface area contributed by atoms with Gasteiger partial charge in [0.2, 0.25) is 5.95 Å². The summed E-state index contributed by atoms with van der Waals surface area (Å²) in [5.41, 5.74) is 7.72. The third-order valence-corrected chi connectivity index (χ3v) is 11.2. The van der Waals surface area contributed by atoms with E-state index in [1.54, 1.807) is 29.3 Å². The number of anilines is 2. The van der Waals surface area contributed by atoms with E-state index in [1.807, 2.05) is 73.2 Å². The SMILES string of the molecule is CSc1sc(-c2ccnc(Nc3cccc(OCCCN4CCN(Cc5ccncc5)CC4)c3)n2)c(-c2cccc(-c3ccccc3)c2)c1C#N. The number of pyridine rings is 1. The number of thiophene rings is 1. The lowest BCUT2D eigenvalue weighted by molar-refractivity contribution is 0.121. The number of hydrogen-bond acceptors (Lipinski definition) is 10. The maximum absolute atomic E-state index is 10.3. The second-order valence-electron chi connectivity index (χ2n) is 12.3. The van der Waals surface area contributed by atoms with Crippen LogP contribution in [0.3, 0.4) is 0 Å². The van der Waals surface area contributed by atoms with Crippen molar-refractivity contribution in [2.75, 3.05) is 50.9 Å². The second kappa shape index (κ2) is 16.8. The van der Waals surface area contributed by atoms with Crippen molar-refractivity contribution in [1.29, 1.82) is 5.26 Å². The van der Waals surface area contributed by atoms with Crippen LogP contribution < -0.4 is 10.1 Å². The number of thioether (sulfide) groups is 1. The van der Waals surface area contributed by atoms with Gasteiger partial charge in [0, 0.05) is 75.2 Å². The number of aromatic nitrogens is 3. The minimum absolute atomic E-state index is 0.481. The van der Waals surface area contributed by atoms with Gasteiger partial charge in [-0.05, 0) is 71.3 Å². The third-order valence-electron chi connectivity index (χ3n) is 8.92. The fourth-order valence-corrected chi connectivity index (χ4v) is 8.24. The van der Waals surface area contributed by atoms with Gasteiger partial charge in [-0.15, -0.1) is 23.1 Å². The zero-order valence-electron chi connectivity index (χ0n) is 28.5. The highest BCUT2D eigenvalue weighted by Crippen LogP contribution is 2.46. The normalized spacial score (nSPS) is 13.5. The molecule has 0 saturated carbocycles. The van der Waals surface area contributed by atoms with Crippen molar-refractivity contribution in [3.63, 3.8) is 0 Å². The van der Waals surface area contributed by atoms with Crippen LogP contribution in [0.15, 0.2) is 120 Å². The van der Waals surface area contributed by atoms with Gasteiger partial charge in [-0.25, -0.2) is 9.97 Å². The molecule has 1 fully saturated rings. The summed E-state index contributed by atoms with van der Waals surface area (Å²) in [7, 11) is 0. The van der Waals surface area contributed by atoms with Gasteiger partial charge in [-0.2, -0.15) is 5.26 Å². The van der Waals surface area contributed by atoms with Crippen molar-refractivity contribution in [1.82, 2.24) is 24.8 Å². The summed E-state index contributed by atoms with van der Waals surface area (Å²) in [4.78, 5) is 19.6. The summed E-state index contributed by atoms with van der Waals surface area (Å²) in [6, 6.07) is 35.2. The van der Waals surface area contributed by atoms with E-state index in [4.69, 9.17) is 9.72 Å². The summed E-state index contributed by atoms with van der Waals surface area (Å²) in [6.07, 6.45) is 8.47. The van der Waals surface area contributed by atoms with Crippen molar-refractivity contribution < 1.29 is 4.74 Å². The van der Waals surface area contributed by atoms with Gasteiger partial charge in [0.15, 0.2) is 0 Å². The predicted molar refractivity (Wildman–Crippen MR) is 209 cm³/mol. The van der Waals surface area contributed by atoms with E-state index >= 15 is 0 Å². The summed E-state index contributed by atoms with van der Waals surface area (Å²) in [5.74, 6) is 1.29. The fraction of sp³-hybridized carbons (Fsp3) is 0.220. The highest BCUT2D eigenvalue weighted by molar-refractivity contribution is 8.00. The van der Waals surface area contributed by atoms with Gasteiger partial charge in [0.25, 0.3) is 0 Å². The minimum Gasteiger partial charge on any atom is -0.493 e. The summed E-state index contributed by atoms with van der Waals surface area (Å²) < 4.78 is 7.13. The highest BCUT2D eigenvalue weighted by atomic mass is 32.2.